The zero-order chi connectivity index (χ0) is 25.7. The lowest BCUT2D eigenvalue weighted by Crippen LogP contribution is -2.46. The molecule has 194 valence electrons. The largest absolute Gasteiger partial charge is 0.385 e. The van der Waals surface area contributed by atoms with Crippen molar-refractivity contribution in [2.45, 2.75) is 44.2 Å². The summed E-state index contributed by atoms with van der Waals surface area (Å²) in [7, 11) is 0. The van der Waals surface area contributed by atoms with Crippen LogP contribution >= 0.6 is 11.6 Å². The molecule has 0 aromatic heterocycles. The van der Waals surface area contributed by atoms with Crippen LogP contribution in [0.5, 0.6) is 0 Å². The van der Waals surface area contributed by atoms with Gasteiger partial charge in [-0.15, -0.1) is 0 Å². The first-order valence-electron chi connectivity index (χ1n) is 13.4. The summed E-state index contributed by atoms with van der Waals surface area (Å²) in [6.07, 6.45) is 4.56. The molecule has 37 heavy (non-hydrogen) atoms. The molecule has 0 saturated carbocycles. The predicted molar refractivity (Wildman–Crippen MR) is 150 cm³/mol. The SMILES string of the molecule is O=C(Nc1ccccc1CN1CCC(Cc2ccccc2)CC1)N1CCC(O)(c2ccc(Cl)cc2)CC1. The normalized spacial score (nSPS) is 18.5. The van der Waals surface area contributed by atoms with E-state index in [2.05, 4.69) is 46.6 Å². The average molecular weight is 518 g/mol. The number of nitrogens with one attached hydrogen (secondary N) is 1. The third kappa shape index (κ3) is 6.53. The summed E-state index contributed by atoms with van der Waals surface area (Å²) in [6.45, 7) is 4.00. The monoisotopic (exact) mass is 517 g/mol. The number of anilines is 1. The summed E-state index contributed by atoms with van der Waals surface area (Å²) in [4.78, 5) is 17.4. The van der Waals surface area contributed by atoms with E-state index < -0.39 is 5.60 Å². The number of hydrogen-bond donors (Lipinski definition) is 2. The van der Waals surface area contributed by atoms with Crippen LogP contribution in [0, 0.1) is 5.92 Å². The molecular weight excluding hydrogens is 482 g/mol. The Bertz CT molecular complexity index is 1170. The number of benzene rings is 3. The summed E-state index contributed by atoms with van der Waals surface area (Å²) in [5.74, 6) is 0.735. The molecule has 5 nitrogen and oxygen atoms in total. The summed E-state index contributed by atoms with van der Waals surface area (Å²) < 4.78 is 0. The Hall–Kier alpha value is -2.86. The fourth-order valence-electron chi connectivity index (χ4n) is 5.64. The molecule has 2 amide bonds. The van der Waals surface area contributed by atoms with Crippen molar-refractivity contribution >= 4 is 23.3 Å². The third-order valence-corrected chi connectivity index (χ3v) is 8.24. The van der Waals surface area contributed by atoms with E-state index in [1.807, 2.05) is 30.3 Å². The summed E-state index contributed by atoms with van der Waals surface area (Å²) in [5.41, 5.74) is 3.38. The van der Waals surface area contributed by atoms with Crippen LogP contribution in [0.15, 0.2) is 78.9 Å². The number of amides is 2. The van der Waals surface area contributed by atoms with E-state index in [1.54, 1.807) is 17.0 Å². The van der Waals surface area contributed by atoms with Gasteiger partial charge in [0.1, 0.15) is 0 Å². The average Bonchev–Trinajstić information content (AvgIpc) is 2.92. The molecule has 0 aliphatic carbocycles. The highest BCUT2D eigenvalue weighted by Gasteiger charge is 2.35. The van der Waals surface area contributed by atoms with Crippen molar-refractivity contribution in [1.82, 2.24) is 9.80 Å². The van der Waals surface area contributed by atoms with Gasteiger partial charge in [0.15, 0.2) is 0 Å². The standard InChI is InChI=1S/C31H36ClN3O2/c32-28-12-10-27(11-13-28)31(37)16-20-35(21-17-31)30(36)33-29-9-5-4-8-26(29)23-34-18-14-25(15-19-34)22-24-6-2-1-3-7-24/h1-13,25,37H,14-23H2,(H,33,36). The van der Waals surface area contributed by atoms with Gasteiger partial charge in [-0.25, -0.2) is 4.79 Å². The molecule has 3 aromatic carbocycles. The lowest BCUT2D eigenvalue weighted by atomic mass is 9.84. The number of carbonyl (C=O) groups is 1. The maximum atomic E-state index is 13.1. The van der Waals surface area contributed by atoms with Gasteiger partial charge in [-0.05, 0) is 86.0 Å². The molecular formula is C31H36ClN3O2. The second-order valence-electron chi connectivity index (χ2n) is 10.5. The van der Waals surface area contributed by atoms with Crippen molar-refractivity contribution in [3.05, 3.63) is 101 Å². The van der Waals surface area contributed by atoms with Crippen LogP contribution in [0.1, 0.15) is 42.4 Å². The smallest absolute Gasteiger partial charge is 0.321 e. The highest BCUT2D eigenvalue weighted by atomic mass is 35.5. The zero-order valence-corrected chi connectivity index (χ0v) is 22.0. The van der Waals surface area contributed by atoms with E-state index in [0.29, 0.717) is 31.0 Å². The molecule has 0 unspecified atom stereocenters. The minimum absolute atomic E-state index is 0.104. The highest BCUT2D eigenvalue weighted by Crippen LogP contribution is 2.34. The van der Waals surface area contributed by atoms with Crippen LogP contribution in [0.25, 0.3) is 0 Å². The molecule has 3 aromatic rings. The first kappa shape index (κ1) is 25.8. The minimum atomic E-state index is -0.925. The lowest BCUT2D eigenvalue weighted by molar-refractivity contribution is -0.0156. The zero-order valence-electron chi connectivity index (χ0n) is 21.3. The molecule has 2 aliphatic rings. The molecule has 2 saturated heterocycles. The van der Waals surface area contributed by atoms with Gasteiger partial charge >= 0.3 is 6.03 Å². The maximum Gasteiger partial charge on any atom is 0.321 e. The Morgan fingerprint density at radius 3 is 2.24 bits per heavy atom. The number of urea groups is 1. The van der Waals surface area contributed by atoms with Crippen LogP contribution in [0.2, 0.25) is 5.02 Å². The summed E-state index contributed by atoms with van der Waals surface area (Å²) in [5, 5.41) is 14.9. The van der Waals surface area contributed by atoms with Gasteiger partial charge in [0.05, 0.1) is 5.60 Å². The van der Waals surface area contributed by atoms with Gasteiger partial charge in [-0.1, -0.05) is 72.3 Å². The topological polar surface area (TPSA) is 55.8 Å². The number of nitrogens with zero attached hydrogens (tertiary/aromatic N) is 2. The minimum Gasteiger partial charge on any atom is -0.385 e. The number of aliphatic hydroxyl groups is 1. The van der Waals surface area contributed by atoms with Crippen molar-refractivity contribution < 1.29 is 9.90 Å². The molecule has 2 heterocycles. The molecule has 2 N–H and O–H groups in total. The Balaban J connectivity index is 1.13. The van der Waals surface area contributed by atoms with E-state index in [0.717, 1.165) is 48.8 Å². The van der Waals surface area contributed by atoms with E-state index in [-0.39, 0.29) is 6.03 Å². The molecule has 0 radical (unpaired) electrons. The second-order valence-corrected chi connectivity index (χ2v) is 11.0. The van der Waals surface area contributed by atoms with Gasteiger partial charge in [0.25, 0.3) is 0 Å². The van der Waals surface area contributed by atoms with Crippen molar-refractivity contribution in [3.63, 3.8) is 0 Å². The third-order valence-electron chi connectivity index (χ3n) is 7.99. The molecule has 2 fully saturated rings. The number of halogens is 1. The fourth-order valence-corrected chi connectivity index (χ4v) is 5.77. The van der Waals surface area contributed by atoms with Crippen LogP contribution in [-0.4, -0.2) is 47.1 Å². The van der Waals surface area contributed by atoms with Gasteiger partial charge in [-0.2, -0.15) is 0 Å². The summed E-state index contributed by atoms with van der Waals surface area (Å²) >= 11 is 6.00. The first-order valence-corrected chi connectivity index (χ1v) is 13.7. The number of hydrogen-bond acceptors (Lipinski definition) is 3. The van der Waals surface area contributed by atoms with Crippen molar-refractivity contribution in [1.29, 1.82) is 0 Å². The summed E-state index contributed by atoms with van der Waals surface area (Å²) in [6, 6.07) is 26.1. The van der Waals surface area contributed by atoms with Gasteiger partial charge < -0.3 is 15.3 Å². The second kappa shape index (κ2) is 11.7. The lowest BCUT2D eigenvalue weighted by Gasteiger charge is -2.38. The maximum absolute atomic E-state index is 13.1. The van der Waals surface area contributed by atoms with Crippen LogP contribution in [-0.2, 0) is 18.6 Å². The Morgan fingerprint density at radius 1 is 0.892 bits per heavy atom. The molecule has 5 rings (SSSR count). The highest BCUT2D eigenvalue weighted by molar-refractivity contribution is 6.30. The van der Waals surface area contributed by atoms with Crippen LogP contribution < -0.4 is 5.32 Å². The number of piperidine rings is 2. The van der Waals surface area contributed by atoms with Gasteiger partial charge in [0, 0.05) is 30.3 Å². The van der Waals surface area contributed by atoms with Crippen LogP contribution in [0.3, 0.4) is 0 Å². The van der Waals surface area contributed by atoms with E-state index in [1.165, 1.54) is 18.4 Å². The molecule has 0 spiro atoms. The van der Waals surface area contributed by atoms with Crippen molar-refractivity contribution in [2.75, 3.05) is 31.5 Å². The molecule has 0 bridgehead atoms. The molecule has 6 heteroatoms. The van der Waals surface area contributed by atoms with Crippen molar-refractivity contribution in [2.24, 2.45) is 5.92 Å². The van der Waals surface area contributed by atoms with Gasteiger partial charge in [0.2, 0.25) is 0 Å². The van der Waals surface area contributed by atoms with Crippen LogP contribution in [0.4, 0.5) is 10.5 Å². The Labute approximate surface area is 225 Å². The predicted octanol–water partition coefficient (Wildman–Crippen LogP) is 6.31. The number of rotatable bonds is 6. The van der Waals surface area contributed by atoms with E-state index in [4.69, 9.17) is 11.6 Å². The first-order chi connectivity index (χ1) is 18.0. The van der Waals surface area contributed by atoms with Gasteiger partial charge in [-0.3, -0.25) is 4.90 Å². The molecule has 0 atom stereocenters. The Kier molecular flexibility index (Phi) is 8.14. The Morgan fingerprint density at radius 2 is 1.54 bits per heavy atom. The fraction of sp³-hybridized carbons (Fsp3) is 0.387. The number of carbonyl (C=O) groups excluding carboxylic acids is 1. The van der Waals surface area contributed by atoms with E-state index >= 15 is 0 Å². The number of para-hydroxylation sites is 1. The molecule has 2 aliphatic heterocycles. The number of likely N-dealkylation sites (tertiary alicyclic amines) is 2. The van der Waals surface area contributed by atoms with Crippen molar-refractivity contribution in [3.8, 4) is 0 Å². The quantitative estimate of drug-likeness (QED) is 0.403. The van der Waals surface area contributed by atoms with E-state index in [9.17, 15) is 9.90 Å².